The van der Waals surface area contributed by atoms with Crippen LogP contribution in [0.25, 0.3) is 0 Å². The van der Waals surface area contributed by atoms with E-state index in [1.165, 1.54) is 31.5 Å². The lowest BCUT2D eigenvalue weighted by molar-refractivity contribution is -0.107. The zero-order valence-electron chi connectivity index (χ0n) is 14.1. The second-order valence-electron chi connectivity index (χ2n) is 4.86. The summed E-state index contributed by atoms with van der Waals surface area (Å²) in [5, 5.41) is 3.46. The molecule has 1 atom stereocenters. The Morgan fingerprint density at radius 1 is 1.19 bits per heavy atom. The van der Waals surface area contributed by atoms with Crippen LogP contribution in [0.3, 0.4) is 0 Å². The maximum absolute atomic E-state index is 9.17. The molecular formula is C18H32N2O. The number of hydrogen-bond acceptors (Lipinski definition) is 3. The highest BCUT2D eigenvalue weighted by molar-refractivity contribution is 5.48. The molecule has 1 saturated heterocycles. The van der Waals surface area contributed by atoms with Gasteiger partial charge in [-0.25, -0.2) is 0 Å². The minimum atomic E-state index is 0.639. The van der Waals surface area contributed by atoms with Crippen LogP contribution in [-0.4, -0.2) is 32.5 Å². The van der Waals surface area contributed by atoms with Gasteiger partial charge in [0.2, 0.25) is 0 Å². The first-order valence-corrected chi connectivity index (χ1v) is 8.21. The van der Waals surface area contributed by atoms with Crippen molar-refractivity contribution in [1.29, 1.82) is 0 Å². The van der Waals surface area contributed by atoms with Gasteiger partial charge in [-0.2, -0.15) is 0 Å². The molecule has 1 unspecified atom stereocenters. The molecule has 1 aliphatic rings. The average molecular weight is 292 g/mol. The van der Waals surface area contributed by atoms with E-state index in [0.717, 1.165) is 12.8 Å². The average Bonchev–Trinajstić information content (AvgIpc) is 2.86. The van der Waals surface area contributed by atoms with E-state index in [1.807, 2.05) is 20.8 Å². The third-order valence-electron chi connectivity index (χ3n) is 3.42. The topological polar surface area (TPSA) is 32.3 Å². The SMILES string of the molecule is CC.CCC=O.CN(c1ccccc1)C1CCCNCC1. The Hall–Kier alpha value is -1.35. The van der Waals surface area contributed by atoms with E-state index in [9.17, 15) is 4.79 Å². The molecule has 0 bridgehead atoms. The van der Waals surface area contributed by atoms with Crippen molar-refractivity contribution in [2.24, 2.45) is 0 Å². The van der Waals surface area contributed by atoms with Crippen LogP contribution in [0.1, 0.15) is 46.5 Å². The first-order valence-electron chi connectivity index (χ1n) is 8.21. The Bertz CT molecular complexity index is 332. The third kappa shape index (κ3) is 8.51. The predicted molar refractivity (Wildman–Crippen MR) is 93.1 cm³/mol. The van der Waals surface area contributed by atoms with E-state index in [0.29, 0.717) is 12.5 Å². The van der Waals surface area contributed by atoms with Gasteiger partial charge in [-0.3, -0.25) is 0 Å². The van der Waals surface area contributed by atoms with Crippen LogP contribution >= 0.6 is 0 Å². The van der Waals surface area contributed by atoms with Crippen LogP contribution < -0.4 is 10.2 Å². The number of carbonyl (C=O) groups is 1. The zero-order chi connectivity index (χ0) is 15.9. The monoisotopic (exact) mass is 292 g/mol. The van der Waals surface area contributed by atoms with Crippen molar-refractivity contribution in [1.82, 2.24) is 5.32 Å². The highest BCUT2D eigenvalue weighted by Crippen LogP contribution is 2.19. The van der Waals surface area contributed by atoms with Crippen molar-refractivity contribution >= 4 is 12.0 Å². The summed E-state index contributed by atoms with van der Waals surface area (Å²) < 4.78 is 0. The molecule has 3 heteroatoms. The molecule has 1 aromatic carbocycles. The minimum absolute atomic E-state index is 0.639. The summed E-state index contributed by atoms with van der Waals surface area (Å²) in [5.41, 5.74) is 1.34. The number of rotatable bonds is 3. The minimum Gasteiger partial charge on any atom is -0.372 e. The van der Waals surface area contributed by atoms with E-state index in [4.69, 9.17) is 0 Å². The van der Waals surface area contributed by atoms with Gasteiger partial charge in [0, 0.05) is 25.2 Å². The van der Waals surface area contributed by atoms with Crippen molar-refractivity contribution in [3.05, 3.63) is 30.3 Å². The number of nitrogens with zero attached hydrogens (tertiary/aromatic N) is 1. The fraction of sp³-hybridized carbons (Fsp3) is 0.611. The van der Waals surface area contributed by atoms with Gasteiger partial charge in [0.25, 0.3) is 0 Å². The van der Waals surface area contributed by atoms with Gasteiger partial charge in [-0.1, -0.05) is 39.0 Å². The number of para-hydroxylation sites is 1. The molecule has 0 radical (unpaired) electrons. The molecule has 3 nitrogen and oxygen atoms in total. The molecule has 120 valence electrons. The second kappa shape index (κ2) is 13.6. The molecule has 1 aliphatic heterocycles. The van der Waals surface area contributed by atoms with Crippen LogP contribution in [0, 0.1) is 0 Å². The van der Waals surface area contributed by atoms with Crippen LogP contribution in [0.15, 0.2) is 30.3 Å². The fourth-order valence-electron chi connectivity index (χ4n) is 2.26. The Morgan fingerprint density at radius 3 is 2.38 bits per heavy atom. The smallest absolute Gasteiger partial charge is 0.119 e. The zero-order valence-corrected chi connectivity index (χ0v) is 14.1. The largest absolute Gasteiger partial charge is 0.372 e. The summed E-state index contributed by atoms with van der Waals surface area (Å²) in [6, 6.07) is 11.4. The summed E-state index contributed by atoms with van der Waals surface area (Å²) >= 11 is 0. The maximum Gasteiger partial charge on any atom is 0.119 e. The van der Waals surface area contributed by atoms with E-state index in [-0.39, 0.29) is 0 Å². The second-order valence-corrected chi connectivity index (χ2v) is 4.86. The third-order valence-corrected chi connectivity index (χ3v) is 3.42. The highest BCUT2D eigenvalue weighted by Gasteiger charge is 2.16. The van der Waals surface area contributed by atoms with Gasteiger partial charge in [0.15, 0.2) is 0 Å². The van der Waals surface area contributed by atoms with Crippen molar-refractivity contribution in [2.45, 2.75) is 52.5 Å². The van der Waals surface area contributed by atoms with Crippen LogP contribution in [0.4, 0.5) is 5.69 Å². The van der Waals surface area contributed by atoms with E-state index in [1.54, 1.807) is 0 Å². The lowest BCUT2D eigenvalue weighted by Gasteiger charge is -2.29. The number of hydrogen-bond donors (Lipinski definition) is 1. The van der Waals surface area contributed by atoms with Crippen molar-refractivity contribution < 1.29 is 4.79 Å². The van der Waals surface area contributed by atoms with Crippen LogP contribution in [-0.2, 0) is 4.79 Å². The number of benzene rings is 1. The summed E-state index contributed by atoms with van der Waals surface area (Å²) in [7, 11) is 2.21. The number of aldehydes is 1. The van der Waals surface area contributed by atoms with Crippen molar-refractivity contribution in [3.63, 3.8) is 0 Å². The van der Waals surface area contributed by atoms with Crippen LogP contribution in [0.5, 0.6) is 0 Å². The standard InChI is InChI=1S/C13H20N2.C3H6O.C2H6/c1-15(12-6-3-2-4-7-12)13-8-5-10-14-11-9-13;1-2-3-4;1-2/h2-4,6-7,13-14H,5,8-11H2,1H3;3H,2H2,1H3;1-2H3. The van der Waals surface area contributed by atoms with Crippen molar-refractivity contribution in [3.8, 4) is 0 Å². The molecule has 1 heterocycles. The van der Waals surface area contributed by atoms with Crippen LogP contribution in [0.2, 0.25) is 0 Å². The summed E-state index contributed by atoms with van der Waals surface area (Å²) in [4.78, 5) is 11.6. The molecule has 0 amide bonds. The Kier molecular flexibility index (Phi) is 12.7. The molecule has 1 aromatic rings. The number of anilines is 1. The lowest BCUT2D eigenvalue weighted by Crippen LogP contribution is -2.32. The molecule has 1 fully saturated rings. The van der Waals surface area contributed by atoms with E-state index < -0.39 is 0 Å². The first-order chi connectivity index (χ1) is 10.3. The van der Waals surface area contributed by atoms with Gasteiger partial charge < -0.3 is 15.0 Å². The van der Waals surface area contributed by atoms with Gasteiger partial charge in [0.05, 0.1) is 0 Å². The predicted octanol–water partition coefficient (Wildman–Crippen LogP) is 3.89. The van der Waals surface area contributed by atoms with Gasteiger partial charge in [-0.05, 0) is 44.5 Å². The maximum atomic E-state index is 9.17. The Labute approximate surface area is 130 Å². The van der Waals surface area contributed by atoms with E-state index in [2.05, 4.69) is 47.6 Å². The number of carbonyl (C=O) groups excluding carboxylic acids is 1. The normalized spacial score (nSPS) is 17.2. The summed E-state index contributed by atoms with van der Waals surface area (Å²) in [6.45, 7) is 8.15. The molecule has 0 aromatic heterocycles. The number of nitrogens with one attached hydrogen (secondary N) is 1. The molecule has 0 aliphatic carbocycles. The fourth-order valence-corrected chi connectivity index (χ4v) is 2.26. The molecule has 2 rings (SSSR count). The lowest BCUT2D eigenvalue weighted by atomic mass is 10.1. The van der Waals surface area contributed by atoms with E-state index >= 15 is 0 Å². The molecular weight excluding hydrogens is 260 g/mol. The molecule has 0 spiro atoms. The van der Waals surface area contributed by atoms with Crippen molar-refractivity contribution in [2.75, 3.05) is 25.0 Å². The van der Waals surface area contributed by atoms with Gasteiger partial charge in [0.1, 0.15) is 6.29 Å². The highest BCUT2D eigenvalue weighted by atomic mass is 16.1. The van der Waals surface area contributed by atoms with Gasteiger partial charge in [-0.15, -0.1) is 0 Å². The van der Waals surface area contributed by atoms with Gasteiger partial charge >= 0.3 is 0 Å². The molecule has 0 saturated carbocycles. The molecule has 21 heavy (non-hydrogen) atoms. The summed E-state index contributed by atoms with van der Waals surface area (Å²) in [6.07, 6.45) is 5.37. The Morgan fingerprint density at radius 2 is 1.81 bits per heavy atom. The molecule has 1 N–H and O–H groups in total. The summed E-state index contributed by atoms with van der Waals surface area (Å²) in [5.74, 6) is 0. The first kappa shape index (κ1) is 19.7. The Balaban J connectivity index is 0.000000579. The quantitative estimate of drug-likeness (QED) is 0.858.